The molecule has 1 aromatic rings. The Morgan fingerprint density at radius 3 is 2.20 bits per heavy atom. The van der Waals surface area contributed by atoms with Gasteiger partial charge in [0.25, 0.3) is 0 Å². The summed E-state index contributed by atoms with van der Waals surface area (Å²) >= 11 is 6.00. The maximum Gasteiger partial charge on any atom is 0.164 e. The van der Waals surface area contributed by atoms with Crippen LogP contribution < -0.4 is 15.2 Å². The predicted molar refractivity (Wildman–Crippen MR) is 59.1 cm³/mol. The highest BCUT2D eigenvalue weighted by Gasteiger charge is 2.19. The maximum absolute atomic E-state index is 10.9. The summed E-state index contributed by atoms with van der Waals surface area (Å²) in [5, 5.41) is 0.278. The van der Waals surface area contributed by atoms with Crippen LogP contribution in [0.15, 0.2) is 0 Å². The summed E-state index contributed by atoms with van der Waals surface area (Å²) in [6.45, 7) is 1.71. The number of carbonyl (C=O) groups is 1. The molecule has 0 aliphatic carbocycles. The van der Waals surface area contributed by atoms with Crippen molar-refractivity contribution in [2.45, 2.75) is 6.92 Å². The Kier molecular flexibility index (Phi) is 3.42. The molecule has 2 N–H and O–H groups in total. The number of methoxy groups -OCH3 is 2. The first kappa shape index (κ1) is 11.7. The fourth-order valence-electron chi connectivity index (χ4n) is 1.43. The van der Waals surface area contributed by atoms with Crippen LogP contribution >= 0.6 is 11.6 Å². The quantitative estimate of drug-likeness (QED) is 0.637. The third kappa shape index (κ3) is 1.72. The topological polar surface area (TPSA) is 61.5 Å². The van der Waals surface area contributed by atoms with Gasteiger partial charge >= 0.3 is 0 Å². The lowest BCUT2D eigenvalue weighted by Gasteiger charge is -2.15. The van der Waals surface area contributed by atoms with E-state index in [0.29, 0.717) is 23.2 Å². The van der Waals surface area contributed by atoms with Gasteiger partial charge in [0, 0.05) is 11.1 Å². The molecule has 0 aliphatic rings. The third-order valence-corrected chi connectivity index (χ3v) is 2.55. The van der Waals surface area contributed by atoms with E-state index in [-0.39, 0.29) is 16.5 Å². The molecule has 0 fully saturated rings. The first-order valence-electron chi connectivity index (χ1n) is 4.23. The van der Waals surface area contributed by atoms with Gasteiger partial charge in [0.1, 0.15) is 10.8 Å². The van der Waals surface area contributed by atoms with Crippen molar-refractivity contribution >= 4 is 23.6 Å². The summed E-state index contributed by atoms with van der Waals surface area (Å²) < 4.78 is 10.1. The number of benzene rings is 1. The molecule has 0 radical (unpaired) electrons. The molecule has 1 rings (SSSR count). The number of anilines is 1. The largest absolute Gasteiger partial charge is 0.495 e. The molecule has 1 aromatic carbocycles. The zero-order chi connectivity index (χ0) is 11.6. The molecule has 0 aromatic heterocycles. The van der Waals surface area contributed by atoms with Crippen molar-refractivity contribution in [1.29, 1.82) is 0 Å². The number of nitrogen functional groups attached to an aromatic ring is 1. The number of carbonyl (C=O) groups excluding carboxylic acids is 1. The Bertz CT molecular complexity index is 373. The lowest BCUT2D eigenvalue weighted by molar-refractivity contribution is 0.112. The van der Waals surface area contributed by atoms with E-state index in [1.165, 1.54) is 14.2 Å². The van der Waals surface area contributed by atoms with Gasteiger partial charge in [0.2, 0.25) is 0 Å². The smallest absolute Gasteiger partial charge is 0.164 e. The molecule has 0 saturated heterocycles. The normalized spacial score (nSPS) is 9.87. The molecule has 15 heavy (non-hydrogen) atoms. The molecule has 0 atom stereocenters. The van der Waals surface area contributed by atoms with E-state index in [2.05, 4.69) is 0 Å². The van der Waals surface area contributed by atoms with Gasteiger partial charge < -0.3 is 15.2 Å². The van der Waals surface area contributed by atoms with Crippen molar-refractivity contribution in [2.75, 3.05) is 20.0 Å². The first-order valence-corrected chi connectivity index (χ1v) is 4.60. The number of ether oxygens (including phenoxy) is 2. The van der Waals surface area contributed by atoms with Crippen molar-refractivity contribution in [3.05, 3.63) is 16.1 Å². The minimum Gasteiger partial charge on any atom is -0.495 e. The van der Waals surface area contributed by atoms with Gasteiger partial charge in [-0.2, -0.15) is 0 Å². The third-order valence-electron chi connectivity index (χ3n) is 2.20. The molecule has 0 unspecified atom stereocenters. The Hall–Kier alpha value is -1.42. The van der Waals surface area contributed by atoms with E-state index in [4.69, 9.17) is 26.8 Å². The van der Waals surface area contributed by atoms with Crippen molar-refractivity contribution in [3.63, 3.8) is 0 Å². The lowest BCUT2D eigenvalue weighted by Crippen LogP contribution is -2.03. The minimum atomic E-state index is 0.232. The molecule has 0 saturated carbocycles. The van der Waals surface area contributed by atoms with Gasteiger partial charge in [-0.1, -0.05) is 11.6 Å². The van der Waals surface area contributed by atoms with Crippen LogP contribution in [0.25, 0.3) is 0 Å². The number of rotatable bonds is 3. The number of hydrogen-bond donors (Lipinski definition) is 1. The molecule has 0 bridgehead atoms. The van der Waals surface area contributed by atoms with Crippen molar-refractivity contribution < 1.29 is 14.3 Å². The van der Waals surface area contributed by atoms with Crippen LogP contribution in [0.2, 0.25) is 5.02 Å². The first-order chi connectivity index (χ1) is 7.08. The summed E-state index contributed by atoms with van der Waals surface area (Å²) in [7, 11) is 2.90. The SMILES string of the molecule is COc1c(C)c(C=O)c(N)c(OC)c1Cl. The van der Waals surface area contributed by atoms with Crippen molar-refractivity contribution in [3.8, 4) is 11.5 Å². The summed E-state index contributed by atoms with van der Waals surface area (Å²) in [5.74, 6) is 0.672. The van der Waals surface area contributed by atoms with Gasteiger partial charge in [0.05, 0.1) is 19.9 Å². The number of nitrogens with two attached hydrogens (primary N) is 1. The lowest BCUT2D eigenvalue weighted by atomic mass is 10.1. The van der Waals surface area contributed by atoms with Crippen LogP contribution in [0.3, 0.4) is 0 Å². The van der Waals surface area contributed by atoms with E-state index in [1.54, 1.807) is 6.92 Å². The Balaban J connectivity index is 3.64. The second-order valence-corrected chi connectivity index (χ2v) is 3.33. The highest BCUT2D eigenvalue weighted by atomic mass is 35.5. The zero-order valence-corrected chi connectivity index (χ0v) is 9.51. The van der Waals surface area contributed by atoms with Crippen molar-refractivity contribution in [2.24, 2.45) is 0 Å². The summed E-state index contributed by atoms with van der Waals surface area (Å²) in [4.78, 5) is 10.9. The van der Waals surface area contributed by atoms with Crippen LogP contribution in [0.5, 0.6) is 11.5 Å². The average Bonchev–Trinajstić information content (AvgIpc) is 2.19. The van der Waals surface area contributed by atoms with Gasteiger partial charge in [-0.05, 0) is 6.92 Å². The molecule has 0 heterocycles. The van der Waals surface area contributed by atoms with Crippen LogP contribution in [-0.4, -0.2) is 20.5 Å². The van der Waals surface area contributed by atoms with Crippen LogP contribution in [0.4, 0.5) is 5.69 Å². The fraction of sp³-hybridized carbons (Fsp3) is 0.300. The maximum atomic E-state index is 10.9. The highest BCUT2D eigenvalue weighted by molar-refractivity contribution is 6.34. The van der Waals surface area contributed by atoms with E-state index in [0.717, 1.165) is 0 Å². The summed E-state index contributed by atoms with van der Waals surface area (Å²) in [5.41, 5.74) is 6.91. The van der Waals surface area contributed by atoms with Gasteiger partial charge in [-0.3, -0.25) is 4.79 Å². The average molecular weight is 230 g/mol. The molecule has 0 amide bonds. The molecule has 0 aliphatic heterocycles. The van der Waals surface area contributed by atoms with Crippen molar-refractivity contribution in [1.82, 2.24) is 0 Å². The highest BCUT2D eigenvalue weighted by Crippen LogP contribution is 2.43. The van der Waals surface area contributed by atoms with Gasteiger partial charge in [0.15, 0.2) is 12.0 Å². The standard InChI is InChI=1S/C10H12ClNO3/c1-5-6(4-13)8(12)10(15-3)7(11)9(5)14-2/h4H,12H2,1-3H3. The molecular formula is C10H12ClNO3. The molecule has 0 spiro atoms. The van der Waals surface area contributed by atoms with Crippen LogP contribution in [0.1, 0.15) is 15.9 Å². The molecular weight excluding hydrogens is 218 g/mol. The Labute approximate surface area is 92.9 Å². The second kappa shape index (κ2) is 4.40. The van der Waals surface area contributed by atoms with Crippen LogP contribution in [0, 0.1) is 6.92 Å². The predicted octanol–water partition coefficient (Wildman–Crippen LogP) is 2.06. The van der Waals surface area contributed by atoms with Crippen LogP contribution in [-0.2, 0) is 0 Å². The van der Waals surface area contributed by atoms with E-state index < -0.39 is 0 Å². The zero-order valence-electron chi connectivity index (χ0n) is 8.76. The Morgan fingerprint density at radius 2 is 1.80 bits per heavy atom. The van der Waals surface area contributed by atoms with Gasteiger partial charge in [-0.25, -0.2) is 0 Å². The second-order valence-electron chi connectivity index (χ2n) is 2.95. The minimum absolute atomic E-state index is 0.232. The van der Waals surface area contributed by atoms with Gasteiger partial charge in [-0.15, -0.1) is 0 Å². The number of halogens is 1. The number of hydrogen-bond acceptors (Lipinski definition) is 4. The molecule has 5 heteroatoms. The molecule has 82 valence electrons. The fourth-order valence-corrected chi connectivity index (χ4v) is 1.82. The Morgan fingerprint density at radius 1 is 1.27 bits per heavy atom. The number of aldehydes is 1. The summed E-state index contributed by atoms with van der Waals surface area (Å²) in [6, 6.07) is 0. The van der Waals surface area contributed by atoms with E-state index >= 15 is 0 Å². The molecule has 4 nitrogen and oxygen atoms in total. The van der Waals surface area contributed by atoms with E-state index in [1.807, 2.05) is 0 Å². The van der Waals surface area contributed by atoms with E-state index in [9.17, 15) is 4.79 Å². The monoisotopic (exact) mass is 229 g/mol. The summed E-state index contributed by atoms with van der Waals surface area (Å²) in [6.07, 6.45) is 0.659.